The highest BCUT2D eigenvalue weighted by atomic mass is 32.2. The van der Waals surface area contributed by atoms with Gasteiger partial charge in [-0.25, -0.2) is 13.9 Å². The summed E-state index contributed by atoms with van der Waals surface area (Å²) in [6.07, 6.45) is 0. The van der Waals surface area contributed by atoms with E-state index in [-0.39, 0.29) is 17.0 Å². The fourth-order valence-electron chi connectivity index (χ4n) is 2.83. The van der Waals surface area contributed by atoms with Crippen LogP contribution in [0.3, 0.4) is 0 Å². The third kappa shape index (κ3) is 3.91. The molecule has 1 N–H and O–H groups in total. The summed E-state index contributed by atoms with van der Waals surface area (Å²) in [5.74, 6) is -0.574. The molecule has 0 radical (unpaired) electrons. The molecular weight excluding hydrogens is 432 g/mol. The lowest BCUT2D eigenvalue weighted by molar-refractivity contribution is -0.139. The summed E-state index contributed by atoms with van der Waals surface area (Å²) < 4.78 is 5.90. The Labute approximate surface area is 179 Å². The van der Waals surface area contributed by atoms with Crippen LogP contribution in [-0.2, 0) is 16.6 Å². The normalized spacial score (nSPS) is 20.1. The lowest BCUT2D eigenvalue weighted by Crippen LogP contribution is -2.62. The molecule has 2 aliphatic rings. The van der Waals surface area contributed by atoms with Crippen molar-refractivity contribution in [3.05, 3.63) is 41.1 Å². The summed E-state index contributed by atoms with van der Waals surface area (Å²) in [5, 5.41) is 21.2. The Kier molecular flexibility index (Phi) is 5.65. The fourth-order valence-corrected chi connectivity index (χ4v) is 5.78. The van der Waals surface area contributed by atoms with Crippen LogP contribution in [0.2, 0.25) is 0 Å². The zero-order valence-corrected chi connectivity index (χ0v) is 17.9. The number of amides is 1. The summed E-state index contributed by atoms with van der Waals surface area (Å²) in [4.78, 5) is 26.8. The number of aromatic nitrogens is 4. The summed E-state index contributed by atoms with van der Waals surface area (Å²) in [5.41, 5.74) is 2.25. The molecule has 3 heterocycles. The molecule has 1 saturated heterocycles. The molecule has 2 aromatic rings. The molecular formula is C17H16N6O3S3. The van der Waals surface area contributed by atoms with E-state index in [9.17, 15) is 14.7 Å². The monoisotopic (exact) mass is 448 g/mol. The second kappa shape index (κ2) is 8.20. The third-order valence-electron chi connectivity index (χ3n) is 4.33. The van der Waals surface area contributed by atoms with E-state index in [1.165, 1.54) is 45.1 Å². The molecule has 1 fully saturated rings. The number of hydrogen-bond donors (Lipinski definition) is 1. The topological polar surface area (TPSA) is 114 Å². The van der Waals surface area contributed by atoms with Crippen LogP contribution in [0.5, 0.6) is 0 Å². The number of rotatable bonds is 6. The fraction of sp³-hybridized carbons (Fsp3) is 0.294. The zero-order chi connectivity index (χ0) is 20.5. The number of carbonyl (C=O) groups excluding carboxylic acids is 1. The third-order valence-corrected chi connectivity index (χ3v) is 7.46. The van der Waals surface area contributed by atoms with Crippen molar-refractivity contribution in [2.75, 3.05) is 11.5 Å². The molecule has 4 rings (SSSR count). The predicted octanol–water partition coefficient (Wildman–Crippen LogP) is 2.01. The van der Waals surface area contributed by atoms with Crippen molar-refractivity contribution >= 4 is 53.1 Å². The van der Waals surface area contributed by atoms with E-state index >= 15 is 0 Å². The lowest BCUT2D eigenvalue weighted by atomic mass is 10.1. The van der Waals surface area contributed by atoms with E-state index < -0.39 is 5.97 Å². The molecule has 150 valence electrons. The van der Waals surface area contributed by atoms with E-state index in [1.807, 2.05) is 31.2 Å². The van der Waals surface area contributed by atoms with Gasteiger partial charge in [-0.05, 0) is 35.1 Å². The van der Waals surface area contributed by atoms with Crippen molar-refractivity contribution in [3.63, 3.8) is 0 Å². The highest BCUT2D eigenvalue weighted by Gasteiger charge is 2.51. The van der Waals surface area contributed by atoms with Gasteiger partial charge in [0.2, 0.25) is 5.16 Å². The highest BCUT2D eigenvalue weighted by molar-refractivity contribution is 8.02. The molecule has 0 aliphatic carbocycles. The number of fused-ring (bicyclic) bond motifs is 1. The smallest absolute Gasteiger partial charge is 0.352 e. The average molecular weight is 449 g/mol. The Morgan fingerprint density at radius 3 is 2.79 bits per heavy atom. The van der Waals surface area contributed by atoms with Crippen LogP contribution in [0.1, 0.15) is 5.56 Å². The van der Waals surface area contributed by atoms with Crippen molar-refractivity contribution in [2.45, 2.75) is 22.3 Å². The first-order valence-electron chi connectivity index (χ1n) is 8.53. The number of aliphatic carboxylic acids is 1. The predicted molar refractivity (Wildman–Crippen MR) is 112 cm³/mol. The molecule has 1 aromatic heterocycles. The van der Waals surface area contributed by atoms with Crippen molar-refractivity contribution < 1.29 is 14.7 Å². The number of carboxylic acid groups (broad SMARTS) is 1. The Balaban J connectivity index is 1.51. The summed E-state index contributed by atoms with van der Waals surface area (Å²) in [6.45, 7) is 2.00. The SMILES string of the molecule is Cc1ccc(S/N=C2\C(=O)N3C(C(=O)O)=C(CSc4nnnn4C)CSC23)cc1. The molecule has 1 amide bonds. The number of carboxylic acids is 1. The minimum atomic E-state index is -1.11. The van der Waals surface area contributed by atoms with E-state index in [0.29, 0.717) is 27.9 Å². The second-order valence-corrected chi connectivity index (χ2v) is 9.20. The van der Waals surface area contributed by atoms with Crippen molar-refractivity contribution in [2.24, 2.45) is 11.4 Å². The molecule has 1 unspecified atom stereocenters. The Morgan fingerprint density at radius 2 is 2.14 bits per heavy atom. The summed E-state index contributed by atoms with van der Waals surface area (Å²) in [7, 11) is 1.72. The van der Waals surface area contributed by atoms with Gasteiger partial charge in [-0.15, -0.1) is 16.9 Å². The first-order valence-corrected chi connectivity index (χ1v) is 11.3. The first-order chi connectivity index (χ1) is 14.0. The van der Waals surface area contributed by atoms with Gasteiger partial charge < -0.3 is 5.11 Å². The average Bonchev–Trinajstić information content (AvgIpc) is 3.11. The molecule has 2 aliphatic heterocycles. The molecule has 0 spiro atoms. The van der Waals surface area contributed by atoms with Gasteiger partial charge in [0.05, 0.1) is 0 Å². The van der Waals surface area contributed by atoms with Crippen LogP contribution in [-0.4, -0.2) is 64.7 Å². The number of aryl methyl sites for hydroxylation is 2. The van der Waals surface area contributed by atoms with Gasteiger partial charge in [-0.1, -0.05) is 29.5 Å². The second-order valence-electron chi connectivity index (χ2n) is 6.35. The molecule has 12 heteroatoms. The Hall–Kier alpha value is -2.31. The quantitative estimate of drug-likeness (QED) is 0.403. The number of thioether (sulfide) groups is 2. The van der Waals surface area contributed by atoms with Gasteiger partial charge in [0, 0.05) is 35.4 Å². The maximum absolute atomic E-state index is 12.6. The molecule has 1 atom stereocenters. The molecule has 9 nitrogen and oxygen atoms in total. The Morgan fingerprint density at radius 1 is 1.38 bits per heavy atom. The summed E-state index contributed by atoms with van der Waals surface area (Å²) in [6, 6.07) is 7.85. The maximum atomic E-state index is 12.6. The van der Waals surface area contributed by atoms with Crippen LogP contribution >= 0.6 is 35.5 Å². The summed E-state index contributed by atoms with van der Waals surface area (Å²) >= 11 is 4.07. The van der Waals surface area contributed by atoms with E-state index in [2.05, 4.69) is 19.9 Å². The van der Waals surface area contributed by atoms with Crippen LogP contribution in [0, 0.1) is 6.92 Å². The van der Waals surface area contributed by atoms with E-state index in [4.69, 9.17) is 0 Å². The van der Waals surface area contributed by atoms with Crippen molar-refractivity contribution in [1.29, 1.82) is 0 Å². The minimum Gasteiger partial charge on any atom is -0.477 e. The molecule has 1 aromatic carbocycles. The minimum absolute atomic E-state index is 0.0423. The lowest BCUT2D eigenvalue weighted by Gasteiger charge is -2.44. The number of hydrogen-bond acceptors (Lipinski definition) is 9. The van der Waals surface area contributed by atoms with Crippen molar-refractivity contribution in [3.8, 4) is 0 Å². The number of nitrogens with zero attached hydrogens (tertiary/aromatic N) is 6. The molecule has 0 bridgehead atoms. The van der Waals surface area contributed by atoms with Gasteiger partial charge >= 0.3 is 5.97 Å². The van der Waals surface area contributed by atoms with Gasteiger partial charge in [0.25, 0.3) is 5.91 Å². The van der Waals surface area contributed by atoms with Gasteiger partial charge in [-0.2, -0.15) is 0 Å². The molecule has 29 heavy (non-hydrogen) atoms. The Bertz CT molecular complexity index is 1030. The zero-order valence-electron chi connectivity index (χ0n) is 15.5. The van der Waals surface area contributed by atoms with Crippen LogP contribution in [0.25, 0.3) is 0 Å². The van der Waals surface area contributed by atoms with Crippen molar-refractivity contribution in [1.82, 2.24) is 25.1 Å². The van der Waals surface area contributed by atoms with Crippen LogP contribution in [0.4, 0.5) is 0 Å². The standard InChI is InChI=1S/C17H16N6O3S3/c1-9-3-5-11(6-4-9)29-19-12-14(24)23-13(16(25)26)10(7-27-15(12)23)8-28-17-18-20-21-22(17)2/h3-6,15H,7-8H2,1-2H3,(H,25,26)/b19-12+. The van der Waals surface area contributed by atoms with Crippen LogP contribution in [0.15, 0.2) is 50.0 Å². The largest absolute Gasteiger partial charge is 0.477 e. The number of β-lactam (4-membered cyclic amide) rings is 1. The number of tetrazole rings is 1. The van der Waals surface area contributed by atoms with Gasteiger partial charge in [0.15, 0.2) is 0 Å². The van der Waals surface area contributed by atoms with Gasteiger partial charge in [0.1, 0.15) is 16.8 Å². The highest BCUT2D eigenvalue weighted by Crippen LogP contribution is 2.41. The first kappa shape index (κ1) is 20.0. The van der Waals surface area contributed by atoms with Gasteiger partial charge in [-0.3, -0.25) is 9.69 Å². The molecule has 0 saturated carbocycles. The van der Waals surface area contributed by atoms with E-state index in [1.54, 1.807) is 7.05 Å². The number of benzene rings is 1. The maximum Gasteiger partial charge on any atom is 0.352 e. The van der Waals surface area contributed by atoms with E-state index in [0.717, 1.165) is 10.5 Å². The number of carbonyl (C=O) groups is 2. The van der Waals surface area contributed by atoms with Crippen LogP contribution < -0.4 is 0 Å².